The lowest BCUT2D eigenvalue weighted by molar-refractivity contribution is -0.143. The second-order valence-electron chi connectivity index (χ2n) is 6.08. The molecule has 1 heterocycles. The average Bonchev–Trinajstić information content (AvgIpc) is 3.08. The van der Waals surface area contributed by atoms with Crippen LogP contribution in [0.4, 0.5) is 17.6 Å². The van der Waals surface area contributed by atoms with Crippen LogP contribution in [0.3, 0.4) is 0 Å². The maximum absolute atomic E-state index is 13.7. The molecule has 0 saturated carbocycles. The van der Waals surface area contributed by atoms with Gasteiger partial charge in [-0.1, -0.05) is 29.8 Å². The van der Waals surface area contributed by atoms with E-state index in [-0.39, 0.29) is 17.3 Å². The van der Waals surface area contributed by atoms with Crippen LogP contribution < -0.4 is 0 Å². The van der Waals surface area contributed by atoms with Crippen molar-refractivity contribution in [3.8, 4) is 5.69 Å². The van der Waals surface area contributed by atoms with Crippen LogP contribution >= 0.6 is 11.6 Å². The lowest BCUT2D eigenvalue weighted by Gasteiger charge is -2.19. The Hall–Kier alpha value is -2.87. The summed E-state index contributed by atoms with van der Waals surface area (Å²) in [7, 11) is 1.36. The van der Waals surface area contributed by atoms with E-state index in [1.54, 1.807) is 0 Å². The van der Waals surface area contributed by atoms with Crippen LogP contribution in [-0.2, 0) is 12.7 Å². The highest BCUT2D eigenvalue weighted by molar-refractivity contribution is 6.30. The Bertz CT molecular complexity index is 999. The average molecular weight is 412 g/mol. The van der Waals surface area contributed by atoms with Gasteiger partial charge in [0.2, 0.25) is 0 Å². The molecule has 9 heteroatoms. The molecule has 4 nitrogen and oxygen atoms in total. The van der Waals surface area contributed by atoms with Crippen molar-refractivity contribution in [1.29, 1.82) is 0 Å². The van der Waals surface area contributed by atoms with E-state index in [4.69, 9.17) is 11.6 Å². The largest absolute Gasteiger partial charge is 0.434 e. The summed E-state index contributed by atoms with van der Waals surface area (Å²) in [5, 5.41) is 4.00. The topological polar surface area (TPSA) is 38.1 Å². The van der Waals surface area contributed by atoms with Crippen LogP contribution in [0, 0.1) is 5.82 Å². The molecule has 28 heavy (non-hydrogen) atoms. The minimum absolute atomic E-state index is 0.0127. The van der Waals surface area contributed by atoms with E-state index in [2.05, 4.69) is 5.10 Å². The zero-order valence-corrected chi connectivity index (χ0v) is 15.3. The molecule has 0 saturated heterocycles. The van der Waals surface area contributed by atoms with Gasteiger partial charge in [0.25, 0.3) is 5.91 Å². The quantitative estimate of drug-likeness (QED) is 0.569. The number of rotatable bonds is 4. The van der Waals surface area contributed by atoms with E-state index < -0.39 is 29.2 Å². The molecular formula is C19H14ClF4N3O. The van der Waals surface area contributed by atoms with E-state index in [1.807, 2.05) is 0 Å². The molecule has 3 aromatic rings. The van der Waals surface area contributed by atoms with Crippen molar-refractivity contribution in [2.45, 2.75) is 12.7 Å². The number of amides is 1. The van der Waals surface area contributed by atoms with Crippen molar-refractivity contribution >= 4 is 17.5 Å². The molecule has 2 aromatic carbocycles. The molecule has 0 spiro atoms. The fraction of sp³-hybridized carbons (Fsp3) is 0.158. The Morgan fingerprint density at radius 2 is 1.86 bits per heavy atom. The standard InChI is InChI=1S/C19H14ClF4N3O/c1-26(11-12-5-7-14(21)8-6-12)18(28)16-10-25-27(17(16)19(22,23)24)15-4-2-3-13(20)9-15/h2-10H,11H2,1H3. The Morgan fingerprint density at radius 3 is 2.46 bits per heavy atom. The van der Waals surface area contributed by atoms with Crippen LogP contribution in [0.15, 0.2) is 54.7 Å². The molecule has 0 fully saturated rings. The van der Waals surface area contributed by atoms with Crippen molar-refractivity contribution in [1.82, 2.24) is 14.7 Å². The first kappa shape index (κ1) is 19.9. The zero-order chi connectivity index (χ0) is 20.5. The number of halogens is 5. The summed E-state index contributed by atoms with van der Waals surface area (Å²) in [5.41, 5.74) is -1.11. The summed E-state index contributed by atoms with van der Waals surface area (Å²) in [4.78, 5) is 13.8. The third kappa shape index (κ3) is 4.17. The molecule has 0 aliphatic carbocycles. The Morgan fingerprint density at radius 1 is 1.18 bits per heavy atom. The van der Waals surface area contributed by atoms with Crippen molar-refractivity contribution in [3.05, 3.63) is 82.4 Å². The minimum atomic E-state index is -4.82. The second-order valence-corrected chi connectivity index (χ2v) is 6.52. The van der Waals surface area contributed by atoms with Gasteiger partial charge in [-0.15, -0.1) is 0 Å². The number of aromatic nitrogens is 2. The highest BCUT2D eigenvalue weighted by Gasteiger charge is 2.41. The molecule has 0 N–H and O–H groups in total. The lowest BCUT2D eigenvalue weighted by atomic mass is 10.1. The molecule has 146 valence electrons. The lowest BCUT2D eigenvalue weighted by Crippen LogP contribution is -2.28. The van der Waals surface area contributed by atoms with E-state index >= 15 is 0 Å². The van der Waals surface area contributed by atoms with Gasteiger partial charge in [-0.3, -0.25) is 4.79 Å². The molecular weight excluding hydrogens is 398 g/mol. The van der Waals surface area contributed by atoms with Gasteiger partial charge in [0.05, 0.1) is 17.4 Å². The summed E-state index contributed by atoms with van der Waals surface area (Å²) < 4.78 is 54.8. The van der Waals surface area contributed by atoms with Gasteiger partial charge in [-0.05, 0) is 35.9 Å². The maximum atomic E-state index is 13.7. The van der Waals surface area contributed by atoms with E-state index in [1.165, 1.54) is 55.6 Å². The van der Waals surface area contributed by atoms with E-state index in [0.717, 1.165) is 11.1 Å². The fourth-order valence-corrected chi connectivity index (χ4v) is 2.91. The summed E-state index contributed by atoms with van der Waals surface area (Å²) >= 11 is 5.86. The number of carbonyl (C=O) groups excluding carboxylic acids is 1. The van der Waals surface area contributed by atoms with Gasteiger partial charge < -0.3 is 4.90 Å². The van der Waals surface area contributed by atoms with E-state index in [9.17, 15) is 22.4 Å². The van der Waals surface area contributed by atoms with Crippen LogP contribution in [0.2, 0.25) is 5.02 Å². The predicted octanol–water partition coefficient (Wildman–Crippen LogP) is 4.96. The molecule has 1 aromatic heterocycles. The number of hydrogen-bond acceptors (Lipinski definition) is 2. The van der Waals surface area contributed by atoms with Crippen molar-refractivity contribution in [2.24, 2.45) is 0 Å². The number of carbonyl (C=O) groups is 1. The Balaban J connectivity index is 1.97. The number of benzene rings is 2. The first-order valence-corrected chi connectivity index (χ1v) is 8.45. The van der Waals surface area contributed by atoms with Gasteiger partial charge >= 0.3 is 6.18 Å². The van der Waals surface area contributed by atoms with Crippen LogP contribution in [0.5, 0.6) is 0 Å². The van der Waals surface area contributed by atoms with E-state index in [0.29, 0.717) is 10.2 Å². The molecule has 0 aliphatic rings. The summed E-state index contributed by atoms with van der Waals surface area (Å²) in [6.45, 7) is 0.0127. The van der Waals surface area contributed by atoms with Gasteiger partial charge in [0.15, 0.2) is 5.69 Å². The highest BCUT2D eigenvalue weighted by atomic mass is 35.5. The zero-order valence-electron chi connectivity index (χ0n) is 14.5. The van der Waals surface area contributed by atoms with Crippen molar-refractivity contribution < 1.29 is 22.4 Å². The Kier molecular flexibility index (Phi) is 5.42. The first-order valence-electron chi connectivity index (χ1n) is 8.08. The molecule has 3 rings (SSSR count). The number of alkyl halides is 3. The molecule has 0 bridgehead atoms. The molecule has 0 unspecified atom stereocenters. The smallest absolute Gasteiger partial charge is 0.337 e. The van der Waals surface area contributed by atoms with Gasteiger partial charge in [0.1, 0.15) is 5.82 Å². The molecule has 0 atom stereocenters. The summed E-state index contributed by atoms with van der Waals surface area (Å²) in [6, 6.07) is 11.1. The third-order valence-electron chi connectivity index (χ3n) is 4.00. The summed E-state index contributed by atoms with van der Waals surface area (Å²) in [6.07, 6.45) is -3.94. The van der Waals surface area contributed by atoms with Gasteiger partial charge in [-0.2, -0.15) is 18.3 Å². The van der Waals surface area contributed by atoms with Crippen LogP contribution in [-0.4, -0.2) is 27.6 Å². The third-order valence-corrected chi connectivity index (χ3v) is 4.24. The van der Waals surface area contributed by atoms with Crippen LogP contribution in [0.25, 0.3) is 5.69 Å². The number of nitrogens with zero attached hydrogens (tertiary/aromatic N) is 3. The van der Waals surface area contributed by atoms with Crippen molar-refractivity contribution in [3.63, 3.8) is 0 Å². The molecule has 1 amide bonds. The Labute approximate surface area is 162 Å². The first-order chi connectivity index (χ1) is 13.2. The fourth-order valence-electron chi connectivity index (χ4n) is 2.72. The van der Waals surface area contributed by atoms with Gasteiger partial charge in [0, 0.05) is 18.6 Å². The van der Waals surface area contributed by atoms with Gasteiger partial charge in [-0.25, -0.2) is 9.07 Å². The number of hydrogen-bond donors (Lipinski definition) is 0. The molecule has 0 radical (unpaired) electrons. The monoisotopic (exact) mass is 411 g/mol. The minimum Gasteiger partial charge on any atom is -0.337 e. The highest BCUT2D eigenvalue weighted by Crippen LogP contribution is 2.34. The predicted molar refractivity (Wildman–Crippen MR) is 95.8 cm³/mol. The second kappa shape index (κ2) is 7.63. The maximum Gasteiger partial charge on any atom is 0.434 e. The summed E-state index contributed by atoms with van der Waals surface area (Å²) in [5.74, 6) is -1.30. The SMILES string of the molecule is CN(Cc1ccc(F)cc1)C(=O)c1cnn(-c2cccc(Cl)c2)c1C(F)(F)F. The normalized spacial score (nSPS) is 11.5. The van der Waals surface area contributed by atoms with Crippen LogP contribution in [0.1, 0.15) is 21.6 Å². The van der Waals surface area contributed by atoms with Crippen molar-refractivity contribution in [2.75, 3.05) is 7.05 Å². The molecule has 0 aliphatic heterocycles.